The summed E-state index contributed by atoms with van der Waals surface area (Å²) < 4.78 is 26.4. The van der Waals surface area contributed by atoms with Gasteiger partial charge >= 0.3 is 0 Å². The summed E-state index contributed by atoms with van der Waals surface area (Å²) in [5, 5.41) is 0. The van der Waals surface area contributed by atoms with Crippen molar-refractivity contribution in [2.75, 3.05) is 26.7 Å². The van der Waals surface area contributed by atoms with Gasteiger partial charge in [-0.1, -0.05) is 40.7 Å². The van der Waals surface area contributed by atoms with Crippen LogP contribution in [0.5, 0.6) is 5.75 Å². The van der Waals surface area contributed by atoms with Crippen molar-refractivity contribution in [1.82, 2.24) is 4.90 Å². The Balaban J connectivity index is 0. The second-order valence-corrected chi connectivity index (χ2v) is 6.30. The highest BCUT2D eigenvalue weighted by Crippen LogP contribution is 2.19. The van der Waals surface area contributed by atoms with Gasteiger partial charge in [0.15, 0.2) is 0 Å². The predicted octanol–water partition coefficient (Wildman–Crippen LogP) is 4.00. The first-order chi connectivity index (χ1) is 9.88. The first-order valence-corrected chi connectivity index (χ1v) is 9.50. The number of hydrogen-bond acceptors (Lipinski definition) is 4. The van der Waals surface area contributed by atoms with Crippen molar-refractivity contribution in [2.45, 2.75) is 39.5 Å². The molecule has 4 nitrogen and oxygen atoms in total. The molecule has 124 valence electrons. The first-order valence-electron chi connectivity index (χ1n) is 7.20. The topological polar surface area (TPSA) is 46.6 Å². The molecule has 0 amide bonds. The highest BCUT2D eigenvalue weighted by Gasteiger charge is 2.09. The van der Waals surface area contributed by atoms with Gasteiger partial charge < -0.3 is 9.64 Å². The molecule has 0 atom stereocenters. The van der Waals surface area contributed by atoms with Crippen LogP contribution in [0.25, 0.3) is 0 Å². The molecule has 6 heteroatoms. The van der Waals surface area contributed by atoms with Crippen LogP contribution in [0.15, 0.2) is 29.2 Å². The second kappa shape index (κ2) is 12.9. The summed E-state index contributed by atoms with van der Waals surface area (Å²) in [6.07, 6.45) is 0. The minimum atomic E-state index is -3.64. The predicted molar refractivity (Wildman–Crippen MR) is 90.8 cm³/mol. The SMILES string of the molecule is CC.CCN(CC)CC.COc1cccc(S(=O)(=O)Cl)c1. The van der Waals surface area contributed by atoms with E-state index in [4.69, 9.17) is 15.4 Å². The van der Waals surface area contributed by atoms with E-state index in [1.165, 1.54) is 38.9 Å². The molecule has 0 saturated heterocycles. The zero-order chi connectivity index (χ0) is 16.9. The minimum absolute atomic E-state index is 0.0449. The summed E-state index contributed by atoms with van der Waals surface area (Å²) in [6.45, 7) is 14.1. The lowest BCUT2D eigenvalue weighted by molar-refractivity contribution is 0.321. The van der Waals surface area contributed by atoms with Crippen LogP contribution in [-0.4, -0.2) is 40.1 Å². The largest absolute Gasteiger partial charge is 0.497 e. The van der Waals surface area contributed by atoms with Crippen molar-refractivity contribution in [3.8, 4) is 5.75 Å². The molecule has 0 aliphatic carbocycles. The third kappa shape index (κ3) is 10.6. The Morgan fingerprint density at radius 3 is 1.86 bits per heavy atom. The fraction of sp³-hybridized carbons (Fsp3) is 0.600. The Morgan fingerprint density at radius 1 is 1.10 bits per heavy atom. The van der Waals surface area contributed by atoms with Crippen LogP contribution in [0.1, 0.15) is 34.6 Å². The van der Waals surface area contributed by atoms with Gasteiger partial charge in [-0.3, -0.25) is 0 Å². The third-order valence-electron chi connectivity index (χ3n) is 2.66. The van der Waals surface area contributed by atoms with Crippen LogP contribution >= 0.6 is 10.7 Å². The van der Waals surface area contributed by atoms with Crippen LogP contribution in [0.3, 0.4) is 0 Å². The molecule has 0 unspecified atom stereocenters. The van der Waals surface area contributed by atoms with E-state index in [1.807, 2.05) is 13.8 Å². The monoisotopic (exact) mass is 337 g/mol. The van der Waals surface area contributed by atoms with Crippen LogP contribution in [0.2, 0.25) is 0 Å². The number of benzene rings is 1. The number of rotatable bonds is 5. The molecule has 0 aliphatic rings. The van der Waals surface area contributed by atoms with Gasteiger partial charge in [-0.2, -0.15) is 0 Å². The molecule has 0 spiro atoms. The van der Waals surface area contributed by atoms with Crippen LogP contribution in [-0.2, 0) is 9.05 Å². The number of hydrogen-bond donors (Lipinski definition) is 0. The maximum absolute atomic E-state index is 10.8. The Bertz CT molecular complexity index is 454. The normalized spacial score (nSPS) is 10.1. The molecule has 1 rings (SSSR count). The molecule has 0 heterocycles. The summed E-state index contributed by atoms with van der Waals surface area (Å²) in [6, 6.07) is 5.98. The van der Waals surface area contributed by atoms with Gasteiger partial charge in [0.25, 0.3) is 9.05 Å². The summed E-state index contributed by atoms with van der Waals surface area (Å²) in [5.74, 6) is 0.469. The smallest absolute Gasteiger partial charge is 0.261 e. The van der Waals surface area contributed by atoms with Crippen molar-refractivity contribution in [3.05, 3.63) is 24.3 Å². The zero-order valence-electron chi connectivity index (χ0n) is 13.9. The van der Waals surface area contributed by atoms with E-state index in [1.54, 1.807) is 12.1 Å². The summed E-state index contributed by atoms with van der Waals surface area (Å²) in [4.78, 5) is 2.42. The van der Waals surface area contributed by atoms with Crippen molar-refractivity contribution in [3.63, 3.8) is 0 Å². The zero-order valence-corrected chi connectivity index (χ0v) is 15.5. The summed E-state index contributed by atoms with van der Waals surface area (Å²) in [7, 11) is 2.92. The highest BCUT2D eigenvalue weighted by atomic mass is 35.7. The van der Waals surface area contributed by atoms with Crippen molar-refractivity contribution >= 4 is 19.7 Å². The van der Waals surface area contributed by atoms with E-state index in [-0.39, 0.29) is 4.90 Å². The molecule has 0 fully saturated rings. The molecule has 21 heavy (non-hydrogen) atoms. The van der Waals surface area contributed by atoms with E-state index in [0.29, 0.717) is 5.75 Å². The maximum atomic E-state index is 10.8. The van der Waals surface area contributed by atoms with E-state index in [9.17, 15) is 8.42 Å². The van der Waals surface area contributed by atoms with Crippen LogP contribution in [0, 0.1) is 0 Å². The molecule has 0 aromatic heterocycles. The minimum Gasteiger partial charge on any atom is -0.497 e. The van der Waals surface area contributed by atoms with Crippen LogP contribution < -0.4 is 4.74 Å². The number of methoxy groups -OCH3 is 1. The number of nitrogens with zero attached hydrogens (tertiary/aromatic N) is 1. The van der Waals surface area contributed by atoms with Crippen molar-refractivity contribution in [1.29, 1.82) is 0 Å². The van der Waals surface area contributed by atoms with Gasteiger partial charge in [0.05, 0.1) is 12.0 Å². The van der Waals surface area contributed by atoms with Gasteiger partial charge in [-0.25, -0.2) is 8.42 Å². The lowest BCUT2D eigenvalue weighted by Gasteiger charge is -2.13. The van der Waals surface area contributed by atoms with Gasteiger partial charge in [-0.05, 0) is 31.8 Å². The molecular formula is C15H28ClNO3S. The van der Waals surface area contributed by atoms with Gasteiger partial charge in [-0.15, -0.1) is 0 Å². The first kappa shape index (κ1) is 22.5. The molecule has 0 bridgehead atoms. The molecule has 1 aromatic carbocycles. The van der Waals surface area contributed by atoms with E-state index < -0.39 is 9.05 Å². The number of halogens is 1. The lowest BCUT2D eigenvalue weighted by atomic mass is 10.3. The van der Waals surface area contributed by atoms with Crippen molar-refractivity contribution < 1.29 is 13.2 Å². The van der Waals surface area contributed by atoms with Gasteiger partial charge in [0.2, 0.25) is 0 Å². The molecule has 1 aromatic rings. The quantitative estimate of drug-likeness (QED) is 0.762. The molecular weight excluding hydrogens is 310 g/mol. The Hall–Kier alpha value is -0.780. The Morgan fingerprint density at radius 2 is 1.57 bits per heavy atom. The average molecular weight is 338 g/mol. The molecule has 0 radical (unpaired) electrons. The van der Waals surface area contributed by atoms with Gasteiger partial charge in [0.1, 0.15) is 5.75 Å². The number of ether oxygens (including phenoxy) is 1. The van der Waals surface area contributed by atoms with Gasteiger partial charge in [0, 0.05) is 16.7 Å². The average Bonchev–Trinajstić information content (AvgIpc) is 2.51. The van der Waals surface area contributed by atoms with E-state index in [2.05, 4.69) is 25.7 Å². The summed E-state index contributed by atoms with van der Waals surface area (Å²) >= 11 is 0. The van der Waals surface area contributed by atoms with Crippen LogP contribution in [0.4, 0.5) is 0 Å². The Kier molecular flexibility index (Phi) is 13.8. The summed E-state index contributed by atoms with van der Waals surface area (Å²) in [5.41, 5.74) is 0. The van der Waals surface area contributed by atoms with E-state index >= 15 is 0 Å². The fourth-order valence-electron chi connectivity index (χ4n) is 1.42. The molecule has 0 N–H and O–H groups in total. The van der Waals surface area contributed by atoms with Crippen molar-refractivity contribution in [2.24, 2.45) is 0 Å². The fourth-order valence-corrected chi connectivity index (χ4v) is 2.21. The standard InChI is InChI=1S/C7H7ClO3S.C6H15N.C2H6/c1-11-6-3-2-4-7(5-6)12(8,9)10;1-4-7(5-2)6-3;1-2/h2-5H,1H3;4-6H2,1-3H3;1-2H3. The lowest BCUT2D eigenvalue weighted by Crippen LogP contribution is -2.21. The maximum Gasteiger partial charge on any atom is 0.261 e. The highest BCUT2D eigenvalue weighted by molar-refractivity contribution is 8.13. The molecule has 0 aliphatic heterocycles. The second-order valence-electron chi connectivity index (χ2n) is 3.74. The molecule has 0 saturated carbocycles. The Labute approximate surface area is 134 Å². The third-order valence-corrected chi connectivity index (χ3v) is 4.02. The van der Waals surface area contributed by atoms with E-state index in [0.717, 1.165) is 0 Å².